The van der Waals surface area contributed by atoms with Crippen molar-refractivity contribution in [3.63, 3.8) is 0 Å². The Hall–Kier alpha value is -0.0800. The van der Waals surface area contributed by atoms with E-state index in [1.165, 1.54) is 64.3 Å². The molecule has 1 aliphatic carbocycles. The molecule has 1 saturated carbocycles. The largest absolute Gasteiger partial charge is 0.378 e. The molecular formula is C15H29NO. The Balaban J connectivity index is 1.51. The van der Waals surface area contributed by atoms with Gasteiger partial charge in [-0.05, 0) is 57.9 Å². The van der Waals surface area contributed by atoms with Crippen molar-refractivity contribution in [3.8, 4) is 0 Å². The van der Waals surface area contributed by atoms with Crippen LogP contribution in [0.3, 0.4) is 0 Å². The molecule has 0 amide bonds. The Bertz CT molecular complexity index is 195. The summed E-state index contributed by atoms with van der Waals surface area (Å²) in [5.41, 5.74) is 0. The molecule has 0 aromatic heterocycles. The molecule has 1 heterocycles. The van der Waals surface area contributed by atoms with E-state index in [0.717, 1.165) is 18.6 Å². The zero-order valence-corrected chi connectivity index (χ0v) is 11.4. The highest BCUT2D eigenvalue weighted by Gasteiger charge is 2.19. The monoisotopic (exact) mass is 239 g/mol. The maximum absolute atomic E-state index is 5.65. The third-order valence-electron chi connectivity index (χ3n) is 4.55. The molecule has 2 fully saturated rings. The van der Waals surface area contributed by atoms with Gasteiger partial charge in [-0.1, -0.05) is 19.3 Å². The van der Waals surface area contributed by atoms with Crippen LogP contribution in [0.4, 0.5) is 0 Å². The van der Waals surface area contributed by atoms with Gasteiger partial charge < -0.3 is 10.1 Å². The van der Waals surface area contributed by atoms with E-state index in [9.17, 15) is 0 Å². The molecule has 1 N–H and O–H groups in total. The van der Waals surface area contributed by atoms with E-state index in [-0.39, 0.29) is 0 Å². The molecule has 0 bridgehead atoms. The first-order valence-electron chi connectivity index (χ1n) is 7.71. The highest BCUT2D eigenvalue weighted by molar-refractivity contribution is 4.76. The molecule has 2 aliphatic rings. The standard InChI is InChI=1S/C15H29NO/c1-13(14-7-3-2-4-8-14)16-11-5-9-15-10-6-12-17-15/h13-16H,2-12H2,1H3. The van der Waals surface area contributed by atoms with E-state index in [1.807, 2.05) is 0 Å². The molecule has 1 saturated heterocycles. The van der Waals surface area contributed by atoms with Crippen LogP contribution in [0.5, 0.6) is 0 Å². The fraction of sp³-hybridized carbons (Fsp3) is 1.00. The second-order valence-electron chi connectivity index (χ2n) is 5.92. The average Bonchev–Trinajstić information content (AvgIpc) is 2.88. The van der Waals surface area contributed by atoms with E-state index < -0.39 is 0 Å². The van der Waals surface area contributed by atoms with Crippen molar-refractivity contribution in [3.05, 3.63) is 0 Å². The van der Waals surface area contributed by atoms with Crippen LogP contribution in [0.1, 0.15) is 64.7 Å². The van der Waals surface area contributed by atoms with Gasteiger partial charge in [-0.15, -0.1) is 0 Å². The summed E-state index contributed by atoms with van der Waals surface area (Å²) in [6, 6.07) is 0.722. The molecule has 2 rings (SSSR count). The van der Waals surface area contributed by atoms with E-state index in [0.29, 0.717) is 6.10 Å². The minimum absolute atomic E-state index is 0.571. The van der Waals surface area contributed by atoms with Crippen molar-refractivity contribution in [2.24, 2.45) is 5.92 Å². The van der Waals surface area contributed by atoms with Crippen LogP contribution in [0.25, 0.3) is 0 Å². The summed E-state index contributed by atoms with van der Waals surface area (Å²) in [5, 5.41) is 3.72. The zero-order chi connectivity index (χ0) is 11.9. The lowest BCUT2D eigenvalue weighted by atomic mass is 9.84. The Morgan fingerprint density at radius 3 is 2.65 bits per heavy atom. The first kappa shape index (κ1) is 13.4. The predicted octanol–water partition coefficient (Wildman–Crippen LogP) is 3.50. The first-order valence-corrected chi connectivity index (χ1v) is 7.71. The molecular weight excluding hydrogens is 210 g/mol. The normalized spacial score (nSPS) is 28.4. The summed E-state index contributed by atoms with van der Waals surface area (Å²) in [5.74, 6) is 0.937. The Morgan fingerprint density at radius 1 is 1.12 bits per heavy atom. The number of rotatable bonds is 6. The minimum Gasteiger partial charge on any atom is -0.378 e. The quantitative estimate of drug-likeness (QED) is 0.716. The van der Waals surface area contributed by atoms with E-state index in [2.05, 4.69) is 12.2 Å². The third-order valence-corrected chi connectivity index (χ3v) is 4.55. The smallest absolute Gasteiger partial charge is 0.0576 e. The number of hydrogen-bond donors (Lipinski definition) is 1. The number of nitrogens with one attached hydrogen (secondary N) is 1. The van der Waals surface area contributed by atoms with Gasteiger partial charge in [0.05, 0.1) is 6.10 Å². The third kappa shape index (κ3) is 4.59. The van der Waals surface area contributed by atoms with Crippen LogP contribution in [-0.4, -0.2) is 25.3 Å². The highest BCUT2D eigenvalue weighted by Crippen LogP contribution is 2.26. The lowest BCUT2D eigenvalue weighted by Gasteiger charge is -2.28. The van der Waals surface area contributed by atoms with E-state index >= 15 is 0 Å². The molecule has 2 heteroatoms. The molecule has 0 radical (unpaired) electrons. The topological polar surface area (TPSA) is 21.3 Å². The van der Waals surface area contributed by atoms with Crippen LogP contribution in [0.15, 0.2) is 0 Å². The van der Waals surface area contributed by atoms with Crippen molar-refractivity contribution in [2.75, 3.05) is 13.2 Å². The predicted molar refractivity (Wildman–Crippen MR) is 72.2 cm³/mol. The van der Waals surface area contributed by atoms with Gasteiger partial charge in [-0.25, -0.2) is 0 Å². The maximum Gasteiger partial charge on any atom is 0.0576 e. The van der Waals surface area contributed by atoms with Gasteiger partial charge in [-0.2, -0.15) is 0 Å². The van der Waals surface area contributed by atoms with Crippen molar-refractivity contribution in [1.29, 1.82) is 0 Å². The van der Waals surface area contributed by atoms with Gasteiger partial charge in [0.1, 0.15) is 0 Å². The number of hydrogen-bond acceptors (Lipinski definition) is 2. The molecule has 2 atom stereocenters. The summed E-state index contributed by atoms with van der Waals surface area (Å²) in [4.78, 5) is 0. The fourth-order valence-corrected chi connectivity index (χ4v) is 3.33. The molecule has 1 aliphatic heterocycles. The van der Waals surface area contributed by atoms with Crippen LogP contribution < -0.4 is 5.32 Å². The van der Waals surface area contributed by atoms with Crippen LogP contribution in [0.2, 0.25) is 0 Å². The summed E-state index contributed by atoms with van der Waals surface area (Å²) in [6.07, 6.45) is 12.9. The molecule has 17 heavy (non-hydrogen) atoms. The van der Waals surface area contributed by atoms with Crippen LogP contribution in [-0.2, 0) is 4.74 Å². The number of ether oxygens (including phenoxy) is 1. The highest BCUT2D eigenvalue weighted by atomic mass is 16.5. The van der Waals surface area contributed by atoms with E-state index in [4.69, 9.17) is 4.74 Å². The summed E-state index contributed by atoms with van der Waals surface area (Å²) >= 11 is 0. The van der Waals surface area contributed by atoms with Gasteiger partial charge in [-0.3, -0.25) is 0 Å². The Kier molecular flexibility index (Phi) is 5.79. The first-order chi connectivity index (χ1) is 8.36. The van der Waals surface area contributed by atoms with Gasteiger partial charge in [0, 0.05) is 12.6 Å². The molecule has 0 aromatic carbocycles. The van der Waals surface area contributed by atoms with Crippen molar-refractivity contribution >= 4 is 0 Å². The van der Waals surface area contributed by atoms with Crippen LogP contribution in [0, 0.1) is 5.92 Å². The van der Waals surface area contributed by atoms with E-state index in [1.54, 1.807) is 0 Å². The van der Waals surface area contributed by atoms with Gasteiger partial charge in [0.15, 0.2) is 0 Å². The molecule has 2 unspecified atom stereocenters. The lowest BCUT2D eigenvalue weighted by molar-refractivity contribution is 0.102. The molecule has 0 spiro atoms. The zero-order valence-electron chi connectivity index (χ0n) is 11.4. The summed E-state index contributed by atoms with van der Waals surface area (Å²) in [6.45, 7) is 4.55. The summed E-state index contributed by atoms with van der Waals surface area (Å²) in [7, 11) is 0. The second kappa shape index (κ2) is 7.38. The summed E-state index contributed by atoms with van der Waals surface area (Å²) < 4.78 is 5.65. The molecule has 100 valence electrons. The van der Waals surface area contributed by atoms with Crippen molar-refractivity contribution in [1.82, 2.24) is 5.32 Å². The van der Waals surface area contributed by atoms with Crippen LogP contribution >= 0.6 is 0 Å². The minimum atomic E-state index is 0.571. The molecule has 2 nitrogen and oxygen atoms in total. The fourth-order valence-electron chi connectivity index (χ4n) is 3.33. The Morgan fingerprint density at radius 2 is 1.94 bits per heavy atom. The maximum atomic E-state index is 5.65. The van der Waals surface area contributed by atoms with Crippen molar-refractivity contribution in [2.45, 2.75) is 76.9 Å². The Labute approximate surface area is 107 Å². The van der Waals surface area contributed by atoms with Crippen molar-refractivity contribution < 1.29 is 4.74 Å². The lowest BCUT2D eigenvalue weighted by Crippen LogP contribution is -2.35. The average molecular weight is 239 g/mol. The van der Waals surface area contributed by atoms with Gasteiger partial charge in [0.25, 0.3) is 0 Å². The second-order valence-corrected chi connectivity index (χ2v) is 5.92. The van der Waals surface area contributed by atoms with Gasteiger partial charge in [0.2, 0.25) is 0 Å². The van der Waals surface area contributed by atoms with Gasteiger partial charge >= 0.3 is 0 Å². The SMILES string of the molecule is CC(NCCCC1CCCO1)C1CCCCC1. The molecule has 0 aromatic rings.